The molecule has 1 saturated carbocycles. The van der Waals surface area contributed by atoms with Crippen LogP contribution in [-0.2, 0) is 9.84 Å². The normalized spacial score (nSPS) is 24.9. The van der Waals surface area contributed by atoms with Gasteiger partial charge >= 0.3 is 0 Å². The monoisotopic (exact) mass is 218 g/mol. The predicted octanol–water partition coefficient (Wildman–Crippen LogP) is -0.533. The van der Waals surface area contributed by atoms with Crippen molar-refractivity contribution in [3.05, 3.63) is 0 Å². The molecule has 14 heavy (non-hydrogen) atoms. The fourth-order valence-electron chi connectivity index (χ4n) is 1.79. The zero-order chi connectivity index (χ0) is 10.2. The Balaban J connectivity index is 1.68. The summed E-state index contributed by atoms with van der Waals surface area (Å²) in [5, 5.41) is 3.18. The first-order valence-electron chi connectivity index (χ1n) is 5.23. The zero-order valence-electron chi connectivity index (χ0n) is 8.57. The summed E-state index contributed by atoms with van der Waals surface area (Å²) >= 11 is 0. The van der Waals surface area contributed by atoms with Gasteiger partial charge in [-0.15, -0.1) is 0 Å². The Morgan fingerprint density at radius 2 is 2.00 bits per heavy atom. The molecule has 0 aromatic heterocycles. The van der Waals surface area contributed by atoms with E-state index >= 15 is 0 Å². The van der Waals surface area contributed by atoms with Gasteiger partial charge in [0.15, 0.2) is 9.84 Å². The van der Waals surface area contributed by atoms with Crippen molar-refractivity contribution < 1.29 is 8.42 Å². The Kier molecular flexibility index (Phi) is 2.81. The second kappa shape index (κ2) is 3.79. The second-order valence-electron chi connectivity index (χ2n) is 4.31. The van der Waals surface area contributed by atoms with E-state index in [0.29, 0.717) is 11.8 Å². The van der Waals surface area contributed by atoms with Crippen molar-refractivity contribution in [3.63, 3.8) is 0 Å². The number of hydrogen-bond donors (Lipinski definition) is 1. The fraction of sp³-hybridized carbons (Fsp3) is 1.00. The number of likely N-dealkylation sites (tertiary alicyclic amines) is 1. The van der Waals surface area contributed by atoms with Crippen LogP contribution in [-0.4, -0.2) is 57.0 Å². The van der Waals surface area contributed by atoms with Crippen molar-refractivity contribution in [2.45, 2.75) is 24.1 Å². The van der Waals surface area contributed by atoms with Crippen molar-refractivity contribution >= 4 is 9.84 Å². The van der Waals surface area contributed by atoms with Gasteiger partial charge in [-0.1, -0.05) is 0 Å². The molecule has 0 unspecified atom stereocenters. The number of likely N-dealkylation sites (N-methyl/N-ethyl adjacent to an activating group) is 1. The first-order chi connectivity index (χ1) is 6.62. The van der Waals surface area contributed by atoms with Gasteiger partial charge in [-0.2, -0.15) is 0 Å². The summed E-state index contributed by atoms with van der Waals surface area (Å²) in [6.07, 6.45) is 1.78. The minimum atomic E-state index is -2.74. The van der Waals surface area contributed by atoms with Crippen molar-refractivity contribution in [2.75, 3.05) is 32.4 Å². The maximum atomic E-state index is 11.5. The summed E-state index contributed by atoms with van der Waals surface area (Å²) in [5.74, 6) is 0.355. The smallest absolute Gasteiger partial charge is 0.154 e. The van der Waals surface area contributed by atoms with Crippen LogP contribution in [0.5, 0.6) is 0 Å². The minimum absolute atomic E-state index is 0.00359. The fourth-order valence-corrected chi connectivity index (χ4v) is 3.49. The number of rotatable bonds is 5. The van der Waals surface area contributed by atoms with E-state index in [0.717, 1.165) is 32.5 Å². The van der Waals surface area contributed by atoms with Gasteiger partial charge in [0.25, 0.3) is 0 Å². The Labute approximate surface area is 85.6 Å². The average molecular weight is 218 g/mol. The van der Waals surface area contributed by atoms with Gasteiger partial charge in [0.2, 0.25) is 0 Å². The lowest BCUT2D eigenvalue weighted by molar-refractivity contribution is 0.141. The van der Waals surface area contributed by atoms with E-state index in [1.807, 2.05) is 7.05 Å². The number of nitrogens with one attached hydrogen (secondary N) is 1. The molecule has 0 bridgehead atoms. The molecule has 1 N–H and O–H groups in total. The molecule has 0 amide bonds. The van der Waals surface area contributed by atoms with E-state index in [4.69, 9.17) is 0 Å². The van der Waals surface area contributed by atoms with E-state index < -0.39 is 9.84 Å². The third-order valence-electron chi connectivity index (χ3n) is 3.09. The summed E-state index contributed by atoms with van der Waals surface area (Å²) < 4.78 is 23.1. The van der Waals surface area contributed by atoms with Crippen LogP contribution in [0.2, 0.25) is 0 Å². The highest BCUT2D eigenvalue weighted by molar-refractivity contribution is 7.92. The van der Waals surface area contributed by atoms with Gasteiger partial charge in [-0.05, 0) is 19.9 Å². The van der Waals surface area contributed by atoms with Crippen LogP contribution in [0.1, 0.15) is 12.8 Å². The summed E-state index contributed by atoms with van der Waals surface area (Å²) in [6, 6.07) is 0.568. The van der Waals surface area contributed by atoms with Crippen LogP contribution >= 0.6 is 0 Å². The molecule has 82 valence electrons. The Morgan fingerprint density at radius 1 is 1.36 bits per heavy atom. The van der Waals surface area contributed by atoms with Gasteiger partial charge in [-0.25, -0.2) is 8.42 Å². The van der Waals surface area contributed by atoms with Crippen LogP contribution in [0.4, 0.5) is 0 Å². The molecule has 5 heteroatoms. The number of hydrogen-bond acceptors (Lipinski definition) is 4. The van der Waals surface area contributed by atoms with Gasteiger partial charge in [0.1, 0.15) is 0 Å². The Hall–Kier alpha value is -0.130. The lowest BCUT2D eigenvalue weighted by Gasteiger charge is -2.38. The number of sulfone groups is 1. The quantitative estimate of drug-likeness (QED) is 0.674. The molecule has 0 spiro atoms. The third kappa shape index (κ3) is 2.27. The van der Waals surface area contributed by atoms with E-state index in [1.165, 1.54) is 0 Å². The molecule has 0 atom stereocenters. The average Bonchev–Trinajstić information content (AvgIpc) is 2.83. The minimum Gasteiger partial charge on any atom is -0.315 e. The lowest BCUT2D eigenvalue weighted by atomic mass is 10.1. The van der Waals surface area contributed by atoms with Gasteiger partial charge in [-0.3, -0.25) is 4.90 Å². The van der Waals surface area contributed by atoms with E-state index in [2.05, 4.69) is 10.2 Å². The maximum Gasteiger partial charge on any atom is 0.154 e. The number of nitrogens with zero attached hydrogens (tertiary/aromatic N) is 1. The van der Waals surface area contributed by atoms with Gasteiger partial charge in [0.05, 0.1) is 11.0 Å². The summed E-state index contributed by atoms with van der Waals surface area (Å²) in [4.78, 5) is 2.20. The largest absolute Gasteiger partial charge is 0.315 e. The molecular weight excluding hydrogens is 200 g/mol. The molecule has 0 aromatic rings. The highest BCUT2D eigenvalue weighted by Crippen LogP contribution is 2.29. The zero-order valence-corrected chi connectivity index (χ0v) is 9.39. The summed E-state index contributed by atoms with van der Waals surface area (Å²) in [5.41, 5.74) is 0. The standard InChI is InChI=1S/C9H18N2O2S/c1-10-8-6-11(7-8)4-5-14(12,13)9-2-3-9/h8-10H,2-7H2,1H3. The highest BCUT2D eigenvalue weighted by Gasteiger charge is 2.36. The Bertz CT molecular complexity index is 292. The maximum absolute atomic E-state index is 11.5. The van der Waals surface area contributed by atoms with E-state index in [9.17, 15) is 8.42 Å². The second-order valence-corrected chi connectivity index (χ2v) is 6.71. The third-order valence-corrected chi connectivity index (χ3v) is 5.33. The first-order valence-corrected chi connectivity index (χ1v) is 6.94. The molecule has 1 saturated heterocycles. The van der Waals surface area contributed by atoms with E-state index in [1.54, 1.807) is 0 Å². The SMILES string of the molecule is CNC1CN(CCS(=O)(=O)C2CC2)C1. The first kappa shape index (κ1) is 10.4. The van der Waals surface area contributed by atoms with Crippen molar-refractivity contribution in [1.82, 2.24) is 10.2 Å². The van der Waals surface area contributed by atoms with Crippen LogP contribution < -0.4 is 5.32 Å². The predicted molar refractivity (Wildman–Crippen MR) is 56.1 cm³/mol. The van der Waals surface area contributed by atoms with Crippen molar-refractivity contribution in [1.29, 1.82) is 0 Å². The molecule has 2 aliphatic rings. The van der Waals surface area contributed by atoms with Gasteiger partial charge < -0.3 is 5.32 Å². The van der Waals surface area contributed by atoms with Crippen molar-refractivity contribution in [2.24, 2.45) is 0 Å². The molecule has 1 aliphatic heterocycles. The highest BCUT2D eigenvalue weighted by atomic mass is 32.2. The molecule has 0 radical (unpaired) electrons. The molecule has 1 aliphatic carbocycles. The van der Waals surface area contributed by atoms with Crippen LogP contribution in [0.3, 0.4) is 0 Å². The topological polar surface area (TPSA) is 49.4 Å². The van der Waals surface area contributed by atoms with Crippen molar-refractivity contribution in [3.8, 4) is 0 Å². The molecular formula is C9H18N2O2S. The molecule has 2 rings (SSSR count). The van der Waals surface area contributed by atoms with Crippen LogP contribution in [0, 0.1) is 0 Å². The van der Waals surface area contributed by atoms with Gasteiger partial charge in [0, 0.05) is 25.7 Å². The molecule has 2 fully saturated rings. The summed E-state index contributed by atoms with van der Waals surface area (Å²) in [6.45, 7) is 2.71. The molecule has 1 heterocycles. The van der Waals surface area contributed by atoms with E-state index in [-0.39, 0.29) is 5.25 Å². The van der Waals surface area contributed by atoms with Crippen LogP contribution in [0.25, 0.3) is 0 Å². The summed E-state index contributed by atoms with van der Waals surface area (Å²) in [7, 11) is -0.797. The lowest BCUT2D eigenvalue weighted by Crippen LogP contribution is -2.57. The van der Waals surface area contributed by atoms with Crippen LogP contribution in [0.15, 0.2) is 0 Å². The Morgan fingerprint density at radius 3 is 2.50 bits per heavy atom. The molecule has 4 nitrogen and oxygen atoms in total. The molecule has 0 aromatic carbocycles.